The molecule has 1 aliphatic rings. The summed E-state index contributed by atoms with van der Waals surface area (Å²) in [6, 6.07) is -0.659. The Kier molecular flexibility index (Phi) is 5.36. The van der Waals surface area contributed by atoms with Crippen LogP contribution in [-0.2, 0) is 42.1 Å². The Hall–Kier alpha value is -2.68. The molecule has 1 atom stereocenters. The van der Waals surface area contributed by atoms with Gasteiger partial charge in [-0.1, -0.05) is 0 Å². The van der Waals surface area contributed by atoms with Crippen LogP contribution in [0.4, 0.5) is 0 Å². The predicted molar refractivity (Wildman–Crippen MR) is 92.8 cm³/mol. The quantitative estimate of drug-likeness (QED) is 0.657. The molecule has 0 unspecified atom stereocenters. The zero-order valence-corrected chi connectivity index (χ0v) is 15.0. The highest BCUT2D eigenvalue weighted by Gasteiger charge is 2.31. The van der Waals surface area contributed by atoms with Crippen LogP contribution in [0.15, 0.2) is 12.5 Å². The maximum absolute atomic E-state index is 13.0. The third kappa shape index (κ3) is 3.62. The lowest BCUT2D eigenvalue weighted by Gasteiger charge is -2.31. The van der Waals surface area contributed by atoms with Crippen LogP contribution in [0.3, 0.4) is 0 Å². The van der Waals surface area contributed by atoms with Gasteiger partial charge in [-0.15, -0.1) is 0 Å². The smallest absolute Gasteiger partial charge is 0.245 e. The Bertz CT molecular complexity index is 783. The molecule has 26 heavy (non-hydrogen) atoms. The molecule has 0 spiro atoms. The maximum atomic E-state index is 13.0. The van der Waals surface area contributed by atoms with E-state index in [-0.39, 0.29) is 18.4 Å². The lowest BCUT2D eigenvalue weighted by Crippen LogP contribution is -2.50. The van der Waals surface area contributed by atoms with Crippen LogP contribution in [0.2, 0.25) is 0 Å². The number of hydrogen-bond acceptors (Lipinski definition) is 5. The number of amides is 2. The molecule has 0 aromatic carbocycles. The Balaban J connectivity index is 1.79. The van der Waals surface area contributed by atoms with Crippen molar-refractivity contribution < 1.29 is 14.7 Å². The van der Waals surface area contributed by atoms with E-state index in [2.05, 4.69) is 20.4 Å². The summed E-state index contributed by atoms with van der Waals surface area (Å²) < 4.78 is 1.89. The van der Waals surface area contributed by atoms with Gasteiger partial charge in [-0.3, -0.25) is 14.3 Å². The Morgan fingerprint density at radius 1 is 1.46 bits per heavy atom. The van der Waals surface area contributed by atoms with Crippen LogP contribution < -0.4 is 5.32 Å². The summed E-state index contributed by atoms with van der Waals surface area (Å²) in [5.41, 5.74) is 3.39. The van der Waals surface area contributed by atoms with Crippen molar-refractivity contribution in [2.75, 3.05) is 6.54 Å². The lowest BCUT2D eigenvalue weighted by molar-refractivity contribution is -0.136. The van der Waals surface area contributed by atoms with Crippen molar-refractivity contribution in [3.63, 3.8) is 0 Å². The van der Waals surface area contributed by atoms with E-state index in [1.165, 1.54) is 6.92 Å². The number of rotatable bonds is 6. The lowest BCUT2D eigenvalue weighted by atomic mass is 10.0. The van der Waals surface area contributed by atoms with Crippen molar-refractivity contribution in [2.24, 2.45) is 0 Å². The molecule has 0 aliphatic carbocycles. The molecule has 2 amide bonds. The molecule has 0 fully saturated rings. The summed E-state index contributed by atoms with van der Waals surface area (Å²) in [4.78, 5) is 33.2. The fraction of sp³-hybridized carbons (Fsp3) is 0.529. The number of aryl methyl sites for hydroxylation is 1. The van der Waals surface area contributed by atoms with Gasteiger partial charge in [0.15, 0.2) is 0 Å². The van der Waals surface area contributed by atoms with Gasteiger partial charge in [0.1, 0.15) is 6.04 Å². The summed E-state index contributed by atoms with van der Waals surface area (Å²) in [7, 11) is 0. The van der Waals surface area contributed by atoms with Crippen molar-refractivity contribution in [3.8, 4) is 0 Å². The number of carbonyl (C=O) groups excluding carboxylic acids is 2. The van der Waals surface area contributed by atoms with Crippen LogP contribution in [0, 0.1) is 0 Å². The molecular formula is C17H24N6O3. The Labute approximate surface area is 151 Å². The first-order chi connectivity index (χ1) is 12.5. The first kappa shape index (κ1) is 18.1. The van der Waals surface area contributed by atoms with E-state index in [1.54, 1.807) is 17.4 Å². The van der Waals surface area contributed by atoms with Crippen molar-refractivity contribution in [1.82, 2.24) is 30.0 Å². The first-order valence-corrected chi connectivity index (χ1v) is 8.74. The Morgan fingerprint density at radius 2 is 2.27 bits per heavy atom. The average Bonchev–Trinajstić information content (AvgIpc) is 3.26. The summed E-state index contributed by atoms with van der Waals surface area (Å²) >= 11 is 0. The molecule has 1 aliphatic heterocycles. The summed E-state index contributed by atoms with van der Waals surface area (Å²) in [6.07, 6.45) is 4.22. The Morgan fingerprint density at radius 3 is 2.88 bits per heavy atom. The largest absolute Gasteiger partial charge is 0.390 e. The van der Waals surface area contributed by atoms with Crippen LogP contribution in [0.1, 0.15) is 36.5 Å². The van der Waals surface area contributed by atoms with Gasteiger partial charge >= 0.3 is 0 Å². The fourth-order valence-electron chi connectivity index (χ4n) is 3.42. The summed E-state index contributed by atoms with van der Waals surface area (Å²) in [5.74, 6) is -0.399. The number of nitrogens with zero attached hydrogens (tertiary/aromatic N) is 4. The van der Waals surface area contributed by atoms with Crippen molar-refractivity contribution in [3.05, 3.63) is 35.2 Å². The maximum Gasteiger partial charge on any atom is 0.245 e. The SMILES string of the molecule is CCn1nc(CO)c2c1CCN(C(=O)[C@H](Cc1cnc[nH]1)NC(C)=O)C2. The van der Waals surface area contributed by atoms with Gasteiger partial charge in [0.05, 0.1) is 18.6 Å². The highest BCUT2D eigenvalue weighted by atomic mass is 16.3. The van der Waals surface area contributed by atoms with E-state index < -0.39 is 6.04 Å². The van der Waals surface area contributed by atoms with E-state index in [0.717, 1.165) is 23.5 Å². The number of nitrogens with one attached hydrogen (secondary N) is 2. The van der Waals surface area contributed by atoms with Gasteiger partial charge in [0, 0.05) is 62.5 Å². The zero-order valence-electron chi connectivity index (χ0n) is 15.0. The second-order valence-electron chi connectivity index (χ2n) is 6.39. The van der Waals surface area contributed by atoms with Crippen molar-refractivity contribution >= 4 is 11.8 Å². The number of hydrogen-bond donors (Lipinski definition) is 3. The van der Waals surface area contributed by atoms with Gasteiger partial charge in [0.25, 0.3) is 0 Å². The van der Waals surface area contributed by atoms with Crippen LogP contribution in [0.25, 0.3) is 0 Å². The number of fused-ring (bicyclic) bond motifs is 1. The standard InChI is InChI=1S/C17H24N6O3/c1-3-23-16-4-5-22(8-13(16)15(9-24)21-23)17(26)14(20-11(2)25)6-12-7-18-10-19-12/h7,10,14,24H,3-6,8-9H2,1-2H3,(H,18,19)(H,20,25)/t14-/m0/s1. The van der Waals surface area contributed by atoms with E-state index in [0.29, 0.717) is 31.6 Å². The number of aliphatic hydroxyl groups excluding tert-OH is 1. The van der Waals surface area contributed by atoms with Gasteiger partial charge < -0.3 is 20.3 Å². The van der Waals surface area contributed by atoms with Crippen LogP contribution >= 0.6 is 0 Å². The number of H-pyrrole nitrogens is 1. The second-order valence-corrected chi connectivity index (χ2v) is 6.39. The second kappa shape index (κ2) is 7.69. The third-order valence-corrected chi connectivity index (χ3v) is 4.63. The van der Waals surface area contributed by atoms with E-state index in [4.69, 9.17) is 0 Å². The van der Waals surface area contributed by atoms with Gasteiger partial charge in [-0.2, -0.15) is 5.10 Å². The van der Waals surface area contributed by atoms with E-state index >= 15 is 0 Å². The minimum Gasteiger partial charge on any atom is -0.390 e. The molecule has 3 N–H and O–H groups in total. The molecule has 2 aromatic rings. The number of aromatic amines is 1. The number of aliphatic hydroxyl groups is 1. The molecule has 0 saturated carbocycles. The minimum absolute atomic E-state index is 0.145. The van der Waals surface area contributed by atoms with Gasteiger partial charge in [-0.05, 0) is 6.92 Å². The molecule has 3 rings (SSSR count). The van der Waals surface area contributed by atoms with Crippen LogP contribution in [-0.4, -0.2) is 54.2 Å². The zero-order chi connectivity index (χ0) is 18.7. The molecule has 9 nitrogen and oxygen atoms in total. The highest BCUT2D eigenvalue weighted by Crippen LogP contribution is 2.23. The molecular weight excluding hydrogens is 336 g/mol. The monoisotopic (exact) mass is 360 g/mol. The molecule has 0 radical (unpaired) electrons. The third-order valence-electron chi connectivity index (χ3n) is 4.63. The first-order valence-electron chi connectivity index (χ1n) is 8.74. The molecule has 140 valence electrons. The fourth-order valence-corrected chi connectivity index (χ4v) is 3.42. The van der Waals surface area contributed by atoms with E-state index in [1.807, 2.05) is 11.6 Å². The van der Waals surface area contributed by atoms with Crippen molar-refractivity contribution in [1.29, 1.82) is 0 Å². The van der Waals surface area contributed by atoms with Gasteiger partial charge in [0.2, 0.25) is 11.8 Å². The highest BCUT2D eigenvalue weighted by molar-refractivity contribution is 5.87. The number of imidazole rings is 1. The predicted octanol–water partition coefficient (Wildman–Crippen LogP) is -0.249. The summed E-state index contributed by atoms with van der Waals surface area (Å²) in [6.45, 7) is 4.93. The van der Waals surface area contributed by atoms with E-state index in [9.17, 15) is 14.7 Å². The number of carbonyl (C=O) groups is 2. The molecule has 0 bridgehead atoms. The summed E-state index contributed by atoms with van der Waals surface area (Å²) in [5, 5.41) is 16.7. The minimum atomic E-state index is -0.659. The average molecular weight is 360 g/mol. The molecule has 0 saturated heterocycles. The topological polar surface area (TPSA) is 116 Å². The molecule has 2 aromatic heterocycles. The number of aromatic nitrogens is 4. The normalized spacial score (nSPS) is 14.8. The van der Waals surface area contributed by atoms with Gasteiger partial charge in [-0.25, -0.2) is 4.98 Å². The van der Waals surface area contributed by atoms with Crippen LogP contribution in [0.5, 0.6) is 0 Å². The molecule has 9 heteroatoms. The van der Waals surface area contributed by atoms with Crippen molar-refractivity contribution in [2.45, 2.75) is 52.4 Å². The molecule has 3 heterocycles.